The summed E-state index contributed by atoms with van der Waals surface area (Å²) in [4.78, 5) is 0. The zero-order chi connectivity index (χ0) is 6.91. The topological polar surface area (TPSA) is 20.2 Å². The highest BCUT2D eigenvalue weighted by molar-refractivity contribution is 9.11. The fraction of sp³-hybridized carbons (Fsp3) is 0.333. The Morgan fingerprint density at radius 1 is 1.78 bits per heavy atom. The van der Waals surface area contributed by atoms with Gasteiger partial charge in [0, 0.05) is 0 Å². The summed E-state index contributed by atoms with van der Waals surface area (Å²) in [5, 5.41) is 8.86. The lowest BCUT2D eigenvalue weighted by atomic mass is 10.2. The first-order chi connectivity index (χ1) is 4.10. The van der Waals surface area contributed by atoms with Gasteiger partial charge in [0.1, 0.15) is 5.76 Å². The Kier molecular flexibility index (Phi) is 1.91. The zero-order valence-corrected chi connectivity index (χ0v) is 7.19. The smallest absolute Gasteiger partial charge is 0.111 e. The van der Waals surface area contributed by atoms with Crippen LogP contribution in [-0.2, 0) is 0 Å². The van der Waals surface area contributed by atoms with Crippen molar-refractivity contribution in [2.45, 2.75) is 10.1 Å². The quantitative estimate of drug-likeness (QED) is 0.461. The summed E-state index contributed by atoms with van der Waals surface area (Å²) in [7, 11) is 0. The minimum atomic E-state index is -0.251. The van der Waals surface area contributed by atoms with E-state index < -0.39 is 0 Å². The molecule has 1 aliphatic carbocycles. The van der Waals surface area contributed by atoms with Crippen LogP contribution in [0.3, 0.4) is 0 Å². The van der Waals surface area contributed by atoms with Crippen molar-refractivity contribution >= 4 is 28.6 Å². The molecular formula is C6H7BrOS. The van der Waals surface area contributed by atoms with Gasteiger partial charge in [0.2, 0.25) is 0 Å². The molecule has 1 nitrogen and oxygen atoms in total. The van der Waals surface area contributed by atoms with Crippen LogP contribution in [0, 0.1) is 0 Å². The molecule has 9 heavy (non-hydrogen) atoms. The van der Waals surface area contributed by atoms with Crippen LogP contribution in [-0.4, -0.2) is 8.76 Å². The lowest BCUT2D eigenvalue weighted by Crippen LogP contribution is -2.09. The highest BCUT2D eigenvalue weighted by atomic mass is 79.9. The highest BCUT2D eigenvalue weighted by Crippen LogP contribution is 2.32. The Morgan fingerprint density at radius 3 is 2.78 bits per heavy atom. The Balaban J connectivity index is 2.70. The third-order valence-electron chi connectivity index (χ3n) is 1.11. The van der Waals surface area contributed by atoms with Crippen LogP contribution < -0.4 is 0 Å². The van der Waals surface area contributed by atoms with Gasteiger partial charge >= 0.3 is 0 Å². The normalized spacial score (nSPS) is 34.2. The number of thiol groups is 1. The second-order valence-electron chi connectivity index (χ2n) is 1.99. The van der Waals surface area contributed by atoms with Crippen LogP contribution >= 0.6 is 28.6 Å². The van der Waals surface area contributed by atoms with Crippen molar-refractivity contribution in [1.29, 1.82) is 0 Å². The van der Waals surface area contributed by atoms with Crippen molar-refractivity contribution in [3.05, 3.63) is 24.0 Å². The average Bonchev–Trinajstić information content (AvgIpc) is 1.78. The number of hydrogen-bond acceptors (Lipinski definition) is 2. The van der Waals surface area contributed by atoms with Crippen LogP contribution in [0.2, 0.25) is 0 Å². The molecule has 0 saturated heterocycles. The fourth-order valence-corrected chi connectivity index (χ4v) is 1.06. The summed E-state index contributed by atoms with van der Waals surface area (Å²) < 4.78 is -0.251. The van der Waals surface area contributed by atoms with Crippen molar-refractivity contribution in [3.8, 4) is 0 Å². The summed E-state index contributed by atoms with van der Waals surface area (Å²) in [5.74, 6) is 0.319. The number of hydrogen-bond donors (Lipinski definition) is 2. The van der Waals surface area contributed by atoms with E-state index in [-0.39, 0.29) is 3.66 Å². The Bertz CT molecular complexity index is 172. The molecule has 0 aromatic rings. The minimum Gasteiger partial charge on any atom is -0.508 e. The summed E-state index contributed by atoms with van der Waals surface area (Å²) in [6.45, 7) is 0. The van der Waals surface area contributed by atoms with Gasteiger partial charge in [-0.25, -0.2) is 0 Å². The van der Waals surface area contributed by atoms with E-state index in [1.165, 1.54) is 0 Å². The van der Waals surface area contributed by atoms with Crippen LogP contribution in [0.5, 0.6) is 0 Å². The maximum Gasteiger partial charge on any atom is 0.111 e. The summed E-state index contributed by atoms with van der Waals surface area (Å²) >= 11 is 7.57. The number of rotatable bonds is 0. The van der Waals surface area contributed by atoms with E-state index in [0.717, 1.165) is 6.42 Å². The molecule has 1 N–H and O–H groups in total. The molecule has 3 heteroatoms. The van der Waals surface area contributed by atoms with Gasteiger partial charge in [-0.2, -0.15) is 12.6 Å². The Labute approximate surface area is 68.0 Å². The Hall–Kier alpha value is 0.110. The first kappa shape index (κ1) is 7.22. The number of aliphatic hydroxyl groups excluding tert-OH is 1. The lowest BCUT2D eigenvalue weighted by Gasteiger charge is -2.17. The molecule has 1 rings (SSSR count). The van der Waals surface area contributed by atoms with Gasteiger partial charge in [0.25, 0.3) is 0 Å². The highest BCUT2D eigenvalue weighted by Gasteiger charge is 2.18. The number of aliphatic hydroxyl groups is 1. The molecule has 0 aromatic heterocycles. The molecule has 50 valence electrons. The molecule has 0 aliphatic heterocycles. The lowest BCUT2D eigenvalue weighted by molar-refractivity contribution is 0.426. The van der Waals surface area contributed by atoms with E-state index in [4.69, 9.17) is 5.11 Å². The van der Waals surface area contributed by atoms with E-state index in [9.17, 15) is 0 Å². The average molecular weight is 207 g/mol. The first-order valence-electron chi connectivity index (χ1n) is 2.60. The predicted molar refractivity (Wildman–Crippen MR) is 45.1 cm³/mol. The largest absolute Gasteiger partial charge is 0.508 e. The van der Waals surface area contributed by atoms with E-state index >= 15 is 0 Å². The molecule has 0 saturated carbocycles. The second kappa shape index (κ2) is 2.39. The number of allylic oxidation sites excluding steroid dienone is 2. The van der Waals surface area contributed by atoms with Crippen molar-refractivity contribution < 1.29 is 5.11 Å². The van der Waals surface area contributed by atoms with Gasteiger partial charge in [-0.15, -0.1) is 0 Å². The van der Waals surface area contributed by atoms with Gasteiger partial charge in [0.05, 0.1) is 3.66 Å². The van der Waals surface area contributed by atoms with Gasteiger partial charge in [0.15, 0.2) is 0 Å². The maximum atomic E-state index is 8.86. The van der Waals surface area contributed by atoms with Crippen LogP contribution in [0.25, 0.3) is 0 Å². The van der Waals surface area contributed by atoms with Crippen molar-refractivity contribution in [1.82, 2.24) is 0 Å². The standard InChI is InChI=1S/C6H7BrOS/c7-6(9)3-1-5(8)2-4-6/h1-3,8-9H,4H2. The first-order valence-corrected chi connectivity index (χ1v) is 3.84. The number of alkyl halides is 1. The van der Waals surface area contributed by atoms with Gasteiger partial charge < -0.3 is 5.11 Å². The molecule has 0 aromatic carbocycles. The van der Waals surface area contributed by atoms with Gasteiger partial charge in [-0.05, 0) is 18.6 Å². The molecule has 1 unspecified atom stereocenters. The van der Waals surface area contributed by atoms with Crippen molar-refractivity contribution in [2.24, 2.45) is 0 Å². The fourth-order valence-electron chi connectivity index (χ4n) is 0.597. The minimum absolute atomic E-state index is 0.251. The van der Waals surface area contributed by atoms with Gasteiger partial charge in [-0.3, -0.25) is 0 Å². The predicted octanol–water partition coefficient (Wildman–Crippen LogP) is 2.41. The summed E-state index contributed by atoms with van der Waals surface area (Å²) in [6.07, 6.45) is 5.89. The van der Waals surface area contributed by atoms with E-state index in [2.05, 4.69) is 28.6 Å². The zero-order valence-electron chi connectivity index (χ0n) is 4.71. The van der Waals surface area contributed by atoms with Crippen LogP contribution in [0.1, 0.15) is 6.42 Å². The molecule has 0 amide bonds. The third-order valence-corrected chi connectivity index (χ3v) is 2.03. The number of halogens is 1. The molecule has 1 atom stereocenters. The monoisotopic (exact) mass is 206 g/mol. The van der Waals surface area contributed by atoms with Crippen molar-refractivity contribution in [2.75, 3.05) is 0 Å². The molecule has 0 heterocycles. The van der Waals surface area contributed by atoms with Crippen LogP contribution in [0.4, 0.5) is 0 Å². The molecule has 0 bridgehead atoms. The van der Waals surface area contributed by atoms with E-state index in [1.807, 2.05) is 6.08 Å². The third kappa shape index (κ3) is 2.06. The van der Waals surface area contributed by atoms with Gasteiger partial charge in [-0.1, -0.05) is 22.0 Å². The Morgan fingerprint density at radius 2 is 2.44 bits per heavy atom. The SMILES string of the molecule is OC1=CCC(S)(Br)C=C1. The van der Waals surface area contributed by atoms with Crippen LogP contribution in [0.15, 0.2) is 24.0 Å². The molecule has 0 radical (unpaired) electrons. The summed E-state index contributed by atoms with van der Waals surface area (Å²) in [5.41, 5.74) is 0. The molecular weight excluding hydrogens is 200 g/mol. The van der Waals surface area contributed by atoms with Crippen molar-refractivity contribution in [3.63, 3.8) is 0 Å². The van der Waals surface area contributed by atoms with E-state index in [0.29, 0.717) is 5.76 Å². The summed E-state index contributed by atoms with van der Waals surface area (Å²) in [6, 6.07) is 0. The molecule has 0 fully saturated rings. The maximum absolute atomic E-state index is 8.86. The second-order valence-corrected chi connectivity index (χ2v) is 4.81. The van der Waals surface area contributed by atoms with E-state index in [1.54, 1.807) is 12.2 Å². The molecule has 0 spiro atoms. The molecule has 1 aliphatic rings.